The van der Waals surface area contributed by atoms with E-state index >= 15 is 0 Å². The summed E-state index contributed by atoms with van der Waals surface area (Å²) in [6, 6.07) is 11.0. The van der Waals surface area contributed by atoms with E-state index in [-0.39, 0.29) is 13.2 Å². The smallest absolute Gasteiger partial charge is 0.129 e. The summed E-state index contributed by atoms with van der Waals surface area (Å²) >= 11 is 0. The van der Waals surface area contributed by atoms with E-state index in [1.807, 2.05) is 24.3 Å². The Morgan fingerprint density at radius 2 is 1.00 bits per heavy atom. The number of hydrogen-bond donors (Lipinski definition) is 3. The summed E-state index contributed by atoms with van der Waals surface area (Å²) in [6.45, 7) is -0.219. The molecule has 0 amide bonds. The molecule has 0 aliphatic rings. The fourth-order valence-electron chi connectivity index (χ4n) is 2.83. The van der Waals surface area contributed by atoms with E-state index in [1.54, 1.807) is 12.1 Å². The molecule has 0 radical (unpaired) electrons. The Morgan fingerprint density at radius 3 is 1.46 bits per heavy atom. The van der Waals surface area contributed by atoms with Gasteiger partial charge in [-0.15, -0.1) is 0 Å². The Morgan fingerprint density at radius 1 is 0.615 bits per heavy atom. The largest absolute Gasteiger partial charge is 0.466 e. The van der Waals surface area contributed by atoms with Gasteiger partial charge in [0.1, 0.15) is 47.8 Å². The van der Waals surface area contributed by atoms with Gasteiger partial charge in [0.05, 0.1) is 12.5 Å². The first kappa shape index (κ1) is 18.5. The summed E-state index contributed by atoms with van der Waals surface area (Å²) in [6.07, 6.45) is 2.59. The van der Waals surface area contributed by atoms with Crippen molar-refractivity contribution in [1.82, 2.24) is 0 Å². The van der Waals surface area contributed by atoms with Crippen LogP contribution in [0.5, 0.6) is 0 Å². The van der Waals surface area contributed by atoms with Crippen molar-refractivity contribution >= 4 is 0 Å². The maximum absolute atomic E-state index is 10.1. The first-order valence-electron chi connectivity index (χ1n) is 8.79. The van der Waals surface area contributed by atoms with Crippen molar-refractivity contribution in [2.75, 3.05) is 0 Å². The Bertz CT molecular complexity index is 797. The lowest BCUT2D eigenvalue weighted by Gasteiger charge is -2.08. The summed E-state index contributed by atoms with van der Waals surface area (Å²) < 4.78 is 16.6. The van der Waals surface area contributed by atoms with Crippen molar-refractivity contribution in [1.29, 1.82) is 0 Å². The summed E-state index contributed by atoms with van der Waals surface area (Å²) in [4.78, 5) is 0. The van der Waals surface area contributed by atoms with Gasteiger partial charge in [0.25, 0.3) is 0 Å². The second-order valence-corrected chi connectivity index (χ2v) is 6.33. The molecular weight excluding hydrogens is 336 g/mol. The van der Waals surface area contributed by atoms with Crippen LogP contribution in [0.15, 0.2) is 49.6 Å². The van der Waals surface area contributed by atoms with Crippen LogP contribution in [0.1, 0.15) is 47.4 Å². The predicted octanol–water partition coefficient (Wildman–Crippen LogP) is 2.97. The molecule has 1 unspecified atom stereocenters. The molecule has 3 rings (SSSR count). The van der Waals surface area contributed by atoms with Crippen LogP contribution in [0.25, 0.3) is 0 Å². The van der Waals surface area contributed by atoms with Crippen LogP contribution >= 0.6 is 0 Å². The molecule has 3 N–H and O–H groups in total. The van der Waals surface area contributed by atoms with E-state index in [4.69, 9.17) is 23.5 Å². The van der Waals surface area contributed by atoms with Crippen molar-refractivity contribution in [3.63, 3.8) is 0 Å². The Labute approximate surface area is 151 Å². The van der Waals surface area contributed by atoms with Gasteiger partial charge < -0.3 is 28.6 Å². The highest BCUT2D eigenvalue weighted by Crippen LogP contribution is 2.18. The lowest BCUT2D eigenvalue weighted by atomic mass is 10.1. The SMILES string of the molecule is OCc1ccc(CCC(O)CCc2ccc(Cc3ccc(CO)o3)o2)o1. The number of aliphatic hydroxyl groups is 3. The number of hydrogen-bond acceptors (Lipinski definition) is 6. The normalized spacial score (nSPS) is 12.6. The molecule has 3 aromatic rings. The molecule has 0 saturated carbocycles. The maximum Gasteiger partial charge on any atom is 0.129 e. The van der Waals surface area contributed by atoms with Crippen LogP contribution < -0.4 is 0 Å². The summed E-state index contributed by atoms with van der Waals surface area (Å²) in [5, 5.41) is 28.1. The number of aliphatic hydroxyl groups excluding tert-OH is 3. The molecule has 0 bridgehead atoms. The summed E-state index contributed by atoms with van der Waals surface area (Å²) in [5.74, 6) is 4.22. The fraction of sp³-hybridized carbons (Fsp3) is 0.400. The van der Waals surface area contributed by atoms with Crippen LogP contribution in [0.4, 0.5) is 0 Å². The number of furan rings is 3. The van der Waals surface area contributed by atoms with Crippen molar-refractivity contribution in [3.05, 3.63) is 71.0 Å². The molecule has 0 aliphatic heterocycles. The Kier molecular flexibility index (Phi) is 6.33. The quantitative estimate of drug-likeness (QED) is 0.514. The lowest BCUT2D eigenvalue weighted by molar-refractivity contribution is 0.150. The highest BCUT2D eigenvalue weighted by Gasteiger charge is 2.11. The molecule has 0 spiro atoms. The monoisotopic (exact) mass is 360 g/mol. The lowest BCUT2D eigenvalue weighted by Crippen LogP contribution is -2.09. The minimum atomic E-state index is -0.441. The molecular formula is C20H24O6. The van der Waals surface area contributed by atoms with E-state index in [2.05, 4.69) is 0 Å². The van der Waals surface area contributed by atoms with Gasteiger partial charge in [0, 0.05) is 12.8 Å². The van der Waals surface area contributed by atoms with Crippen molar-refractivity contribution in [2.45, 2.75) is 51.4 Å². The third kappa shape index (κ3) is 5.11. The van der Waals surface area contributed by atoms with E-state index in [1.165, 1.54) is 0 Å². The average molecular weight is 360 g/mol. The zero-order chi connectivity index (χ0) is 18.4. The Balaban J connectivity index is 1.42. The van der Waals surface area contributed by atoms with E-state index in [0.717, 1.165) is 23.0 Å². The number of rotatable bonds is 10. The van der Waals surface area contributed by atoms with Crippen LogP contribution in [0.3, 0.4) is 0 Å². The van der Waals surface area contributed by atoms with Gasteiger partial charge in [-0.3, -0.25) is 0 Å². The first-order valence-corrected chi connectivity index (χ1v) is 8.79. The second kappa shape index (κ2) is 8.89. The minimum absolute atomic E-state index is 0.108. The van der Waals surface area contributed by atoms with Crippen LogP contribution in [-0.2, 0) is 32.5 Å². The topological polar surface area (TPSA) is 100 Å². The van der Waals surface area contributed by atoms with Gasteiger partial charge in [-0.1, -0.05) is 0 Å². The van der Waals surface area contributed by atoms with Gasteiger partial charge in [-0.05, 0) is 49.2 Å². The zero-order valence-corrected chi connectivity index (χ0v) is 14.6. The second-order valence-electron chi connectivity index (χ2n) is 6.33. The molecule has 1 atom stereocenters. The average Bonchev–Trinajstić information content (AvgIpc) is 3.39. The highest BCUT2D eigenvalue weighted by molar-refractivity contribution is 5.16. The van der Waals surface area contributed by atoms with Crippen LogP contribution in [0.2, 0.25) is 0 Å². The maximum atomic E-state index is 10.1. The highest BCUT2D eigenvalue weighted by atomic mass is 16.4. The van der Waals surface area contributed by atoms with E-state index in [0.29, 0.717) is 43.6 Å². The molecule has 3 aromatic heterocycles. The van der Waals surface area contributed by atoms with Crippen LogP contribution in [-0.4, -0.2) is 21.4 Å². The summed E-state index contributed by atoms with van der Waals surface area (Å²) in [5.41, 5.74) is 0. The first-order chi connectivity index (χ1) is 12.7. The van der Waals surface area contributed by atoms with Gasteiger partial charge in [0.2, 0.25) is 0 Å². The van der Waals surface area contributed by atoms with E-state index in [9.17, 15) is 5.11 Å². The molecule has 6 heteroatoms. The van der Waals surface area contributed by atoms with Crippen molar-refractivity contribution < 1.29 is 28.6 Å². The van der Waals surface area contributed by atoms with Crippen molar-refractivity contribution in [2.24, 2.45) is 0 Å². The molecule has 26 heavy (non-hydrogen) atoms. The molecule has 140 valence electrons. The molecule has 6 nitrogen and oxygen atoms in total. The van der Waals surface area contributed by atoms with E-state index < -0.39 is 6.10 Å². The zero-order valence-electron chi connectivity index (χ0n) is 14.6. The summed E-state index contributed by atoms with van der Waals surface area (Å²) in [7, 11) is 0. The van der Waals surface area contributed by atoms with Crippen LogP contribution in [0, 0.1) is 0 Å². The minimum Gasteiger partial charge on any atom is -0.466 e. The van der Waals surface area contributed by atoms with Gasteiger partial charge >= 0.3 is 0 Å². The molecule has 3 heterocycles. The van der Waals surface area contributed by atoms with Gasteiger partial charge in [-0.25, -0.2) is 0 Å². The molecule has 0 saturated heterocycles. The third-order valence-corrected chi connectivity index (χ3v) is 4.26. The van der Waals surface area contributed by atoms with Crippen molar-refractivity contribution in [3.8, 4) is 0 Å². The third-order valence-electron chi connectivity index (χ3n) is 4.26. The molecule has 0 aromatic carbocycles. The fourth-order valence-corrected chi connectivity index (χ4v) is 2.83. The Hall–Kier alpha value is -2.28. The molecule has 0 fully saturated rings. The van der Waals surface area contributed by atoms with Gasteiger partial charge in [-0.2, -0.15) is 0 Å². The standard InChI is InChI=1S/C20H24O6/c21-12-19-9-6-16(25-19)4-2-14(23)1-3-15-5-7-17(24-15)11-18-8-10-20(13-22)26-18/h5-10,14,21-23H,1-4,11-13H2. The predicted molar refractivity (Wildman–Crippen MR) is 93.4 cm³/mol. The van der Waals surface area contributed by atoms with Gasteiger partial charge in [0.15, 0.2) is 0 Å². The molecule has 0 aliphatic carbocycles. The number of aryl methyl sites for hydroxylation is 2.